The van der Waals surface area contributed by atoms with E-state index in [0.29, 0.717) is 12.2 Å². The van der Waals surface area contributed by atoms with Crippen molar-refractivity contribution in [3.8, 4) is 0 Å². The van der Waals surface area contributed by atoms with E-state index in [9.17, 15) is 4.79 Å². The van der Waals surface area contributed by atoms with Gasteiger partial charge < -0.3 is 4.42 Å². The number of carbonyl (C=O) groups excluding carboxylic acids is 1. The molecule has 2 rings (SSSR count). The number of nitrogen functional groups attached to an aromatic ring is 1. The third kappa shape index (κ3) is 3.43. The van der Waals surface area contributed by atoms with E-state index < -0.39 is 0 Å². The number of nitrogens with zero attached hydrogens (tertiary/aromatic N) is 2. The Morgan fingerprint density at radius 1 is 1.40 bits per heavy atom. The van der Waals surface area contributed by atoms with E-state index in [0.717, 1.165) is 23.6 Å². The number of hydrogen-bond donors (Lipinski definition) is 2. The lowest BCUT2D eigenvalue weighted by molar-refractivity contribution is 0.0948. The zero-order valence-corrected chi connectivity index (χ0v) is 11.6. The average Bonchev–Trinajstić information content (AvgIpc) is 2.83. The van der Waals surface area contributed by atoms with Crippen LogP contribution < -0.4 is 11.3 Å². The molecule has 1 amide bonds. The number of rotatable bonds is 5. The molecular weight excluding hydrogens is 256 g/mol. The van der Waals surface area contributed by atoms with Crippen molar-refractivity contribution in [1.29, 1.82) is 0 Å². The summed E-state index contributed by atoms with van der Waals surface area (Å²) in [6, 6.07) is 7.26. The van der Waals surface area contributed by atoms with Crippen LogP contribution in [0.25, 0.3) is 0 Å². The van der Waals surface area contributed by atoms with Crippen LogP contribution in [0, 0.1) is 6.92 Å². The van der Waals surface area contributed by atoms with Crippen LogP contribution in [0.3, 0.4) is 0 Å². The predicted molar refractivity (Wildman–Crippen MR) is 74.5 cm³/mol. The molecule has 20 heavy (non-hydrogen) atoms. The summed E-state index contributed by atoms with van der Waals surface area (Å²) in [5.74, 6) is 5.63. The molecule has 0 spiro atoms. The van der Waals surface area contributed by atoms with Crippen molar-refractivity contribution in [2.24, 2.45) is 5.84 Å². The van der Waals surface area contributed by atoms with Gasteiger partial charge >= 0.3 is 0 Å². The van der Waals surface area contributed by atoms with Gasteiger partial charge in [0.25, 0.3) is 5.91 Å². The Labute approximate surface area is 117 Å². The first-order valence-corrected chi connectivity index (χ1v) is 6.28. The number of aryl methyl sites for hydroxylation is 1. The van der Waals surface area contributed by atoms with Gasteiger partial charge in [-0.15, -0.1) is 0 Å². The van der Waals surface area contributed by atoms with Gasteiger partial charge in [-0.2, -0.15) is 0 Å². The summed E-state index contributed by atoms with van der Waals surface area (Å²) in [4.78, 5) is 17.8. The SMILES string of the molecule is Cc1occc1CN(C)Cc1cccc(C(=O)NN)n1. The molecule has 0 aliphatic rings. The normalized spacial score (nSPS) is 10.8. The summed E-state index contributed by atoms with van der Waals surface area (Å²) in [6.45, 7) is 3.33. The molecule has 0 radical (unpaired) electrons. The lowest BCUT2D eigenvalue weighted by atomic mass is 10.2. The van der Waals surface area contributed by atoms with E-state index in [4.69, 9.17) is 10.3 Å². The van der Waals surface area contributed by atoms with Gasteiger partial charge in [-0.3, -0.25) is 15.1 Å². The van der Waals surface area contributed by atoms with E-state index in [-0.39, 0.29) is 5.91 Å². The maximum absolute atomic E-state index is 11.4. The molecule has 0 aliphatic carbocycles. The summed E-state index contributed by atoms with van der Waals surface area (Å²) >= 11 is 0. The molecule has 0 fully saturated rings. The minimum Gasteiger partial charge on any atom is -0.469 e. The zero-order chi connectivity index (χ0) is 14.5. The predicted octanol–water partition coefficient (Wildman–Crippen LogP) is 1.22. The van der Waals surface area contributed by atoms with E-state index in [1.165, 1.54) is 0 Å². The molecule has 0 unspecified atom stereocenters. The average molecular weight is 274 g/mol. The van der Waals surface area contributed by atoms with Gasteiger partial charge in [-0.05, 0) is 32.2 Å². The molecule has 0 saturated carbocycles. The summed E-state index contributed by atoms with van der Waals surface area (Å²) in [5, 5.41) is 0. The van der Waals surface area contributed by atoms with E-state index in [2.05, 4.69) is 15.3 Å². The zero-order valence-electron chi connectivity index (χ0n) is 11.6. The molecule has 106 valence electrons. The summed E-state index contributed by atoms with van der Waals surface area (Å²) in [5.41, 5.74) is 4.35. The van der Waals surface area contributed by atoms with Crippen LogP contribution in [0.5, 0.6) is 0 Å². The fourth-order valence-corrected chi connectivity index (χ4v) is 1.97. The first-order valence-electron chi connectivity index (χ1n) is 6.28. The summed E-state index contributed by atoms with van der Waals surface area (Å²) < 4.78 is 5.27. The van der Waals surface area contributed by atoms with Crippen molar-refractivity contribution in [3.63, 3.8) is 0 Å². The first-order chi connectivity index (χ1) is 9.60. The second-order valence-electron chi connectivity index (χ2n) is 4.66. The van der Waals surface area contributed by atoms with Gasteiger partial charge in [0, 0.05) is 18.7 Å². The Morgan fingerprint density at radius 3 is 2.85 bits per heavy atom. The van der Waals surface area contributed by atoms with Crippen LogP contribution in [-0.2, 0) is 13.1 Å². The van der Waals surface area contributed by atoms with Crippen molar-refractivity contribution in [3.05, 3.63) is 53.2 Å². The maximum Gasteiger partial charge on any atom is 0.283 e. The molecule has 0 aromatic carbocycles. The van der Waals surface area contributed by atoms with Gasteiger partial charge in [-0.25, -0.2) is 10.8 Å². The van der Waals surface area contributed by atoms with Crippen molar-refractivity contribution in [1.82, 2.24) is 15.3 Å². The number of nitrogens with one attached hydrogen (secondary N) is 1. The van der Waals surface area contributed by atoms with Gasteiger partial charge in [0.05, 0.1) is 12.0 Å². The number of hydrazine groups is 1. The van der Waals surface area contributed by atoms with Gasteiger partial charge in [-0.1, -0.05) is 6.07 Å². The lowest BCUT2D eigenvalue weighted by Gasteiger charge is -2.16. The summed E-state index contributed by atoms with van der Waals surface area (Å²) in [7, 11) is 1.99. The number of amides is 1. The van der Waals surface area contributed by atoms with E-state index >= 15 is 0 Å². The molecular formula is C14H18N4O2. The number of nitrogens with two attached hydrogens (primary N) is 1. The quantitative estimate of drug-likeness (QED) is 0.486. The first kappa shape index (κ1) is 14.2. The Bertz CT molecular complexity index is 594. The number of furan rings is 1. The van der Waals surface area contributed by atoms with Crippen LogP contribution in [0.1, 0.15) is 27.5 Å². The van der Waals surface area contributed by atoms with Gasteiger partial charge in [0.2, 0.25) is 0 Å². The van der Waals surface area contributed by atoms with Crippen molar-refractivity contribution < 1.29 is 9.21 Å². The summed E-state index contributed by atoms with van der Waals surface area (Å²) in [6.07, 6.45) is 1.68. The van der Waals surface area contributed by atoms with Gasteiger partial charge in [0.1, 0.15) is 11.5 Å². The maximum atomic E-state index is 11.4. The highest BCUT2D eigenvalue weighted by atomic mass is 16.3. The molecule has 0 bridgehead atoms. The number of pyridine rings is 1. The monoisotopic (exact) mass is 274 g/mol. The second kappa shape index (κ2) is 6.31. The number of hydrogen-bond acceptors (Lipinski definition) is 5. The smallest absolute Gasteiger partial charge is 0.283 e. The molecule has 0 saturated heterocycles. The Balaban J connectivity index is 2.02. The minimum absolute atomic E-state index is 0.317. The molecule has 6 heteroatoms. The van der Waals surface area contributed by atoms with E-state index in [1.807, 2.05) is 26.1 Å². The Morgan fingerprint density at radius 2 is 2.20 bits per heavy atom. The fraction of sp³-hybridized carbons (Fsp3) is 0.286. The number of carbonyl (C=O) groups is 1. The third-order valence-electron chi connectivity index (χ3n) is 3.01. The molecule has 0 atom stereocenters. The van der Waals surface area contributed by atoms with Crippen molar-refractivity contribution >= 4 is 5.91 Å². The molecule has 3 N–H and O–H groups in total. The molecule has 2 aromatic rings. The standard InChI is InChI=1S/C14H18N4O2/c1-10-11(6-7-20-10)8-18(2)9-12-4-3-5-13(16-12)14(19)17-15/h3-7H,8-9,15H2,1-2H3,(H,17,19). The third-order valence-corrected chi connectivity index (χ3v) is 3.01. The van der Waals surface area contributed by atoms with Crippen LogP contribution in [0.15, 0.2) is 34.9 Å². The minimum atomic E-state index is -0.389. The number of aromatic nitrogens is 1. The highest BCUT2D eigenvalue weighted by molar-refractivity contribution is 5.91. The highest BCUT2D eigenvalue weighted by Crippen LogP contribution is 2.12. The van der Waals surface area contributed by atoms with Crippen LogP contribution in [0.2, 0.25) is 0 Å². The van der Waals surface area contributed by atoms with E-state index in [1.54, 1.807) is 18.4 Å². The Kier molecular flexibility index (Phi) is 4.49. The van der Waals surface area contributed by atoms with Crippen LogP contribution in [0.4, 0.5) is 0 Å². The van der Waals surface area contributed by atoms with Crippen molar-refractivity contribution in [2.45, 2.75) is 20.0 Å². The van der Waals surface area contributed by atoms with Crippen molar-refractivity contribution in [2.75, 3.05) is 7.05 Å². The second-order valence-corrected chi connectivity index (χ2v) is 4.66. The molecule has 2 aromatic heterocycles. The topological polar surface area (TPSA) is 84.4 Å². The van der Waals surface area contributed by atoms with Crippen LogP contribution in [-0.4, -0.2) is 22.8 Å². The molecule has 6 nitrogen and oxygen atoms in total. The highest BCUT2D eigenvalue weighted by Gasteiger charge is 2.09. The fourth-order valence-electron chi connectivity index (χ4n) is 1.97. The van der Waals surface area contributed by atoms with Crippen LogP contribution >= 0.6 is 0 Å². The largest absolute Gasteiger partial charge is 0.469 e. The lowest BCUT2D eigenvalue weighted by Crippen LogP contribution is -2.31. The molecule has 2 heterocycles. The molecule has 0 aliphatic heterocycles. The van der Waals surface area contributed by atoms with Gasteiger partial charge in [0.15, 0.2) is 0 Å². The Hall–Kier alpha value is -2.18.